The van der Waals surface area contributed by atoms with E-state index in [4.69, 9.17) is 10.00 Å². The lowest BCUT2D eigenvalue weighted by Gasteiger charge is -2.34. The number of benzene rings is 1. The second kappa shape index (κ2) is 5.78. The van der Waals surface area contributed by atoms with Crippen molar-refractivity contribution in [2.45, 2.75) is 44.5 Å². The lowest BCUT2D eigenvalue weighted by atomic mass is 10.0. The molecule has 7 heteroatoms. The first-order valence-corrected chi connectivity index (χ1v) is 8.85. The molecule has 4 rings (SSSR count). The highest BCUT2D eigenvalue weighted by Gasteiger charge is 2.65. The third kappa shape index (κ3) is 2.25. The average Bonchev–Trinajstić information content (AvgIpc) is 3.22. The Morgan fingerprint density at radius 1 is 1.42 bits per heavy atom. The van der Waals surface area contributed by atoms with Crippen molar-refractivity contribution in [3.05, 3.63) is 35.1 Å². The van der Waals surface area contributed by atoms with E-state index in [9.17, 15) is 14.0 Å². The molecule has 3 aliphatic heterocycles. The molecule has 26 heavy (non-hydrogen) atoms. The van der Waals surface area contributed by atoms with Crippen molar-refractivity contribution in [1.29, 1.82) is 5.26 Å². The second-order valence-corrected chi connectivity index (χ2v) is 7.54. The van der Waals surface area contributed by atoms with Crippen LogP contribution in [0.2, 0.25) is 0 Å². The topological polar surface area (TPSA) is 73.6 Å². The molecule has 0 N–H and O–H groups in total. The Balaban J connectivity index is 1.66. The minimum Gasteiger partial charge on any atom is -0.351 e. The molecule has 3 heterocycles. The summed E-state index contributed by atoms with van der Waals surface area (Å²) < 4.78 is 19.8. The molecule has 6 nitrogen and oxygen atoms in total. The van der Waals surface area contributed by atoms with E-state index in [1.807, 2.05) is 11.0 Å². The molecule has 1 aromatic rings. The molecule has 3 saturated heterocycles. The number of carbonyl (C=O) groups is 2. The molecule has 2 amide bonds. The molecular formula is C19H20FN3O3. The SMILES string of the molecule is CC(C)[C@@H]1CO[C@@]23CCN(C(=O)c4cc(F)cc(C#N)c4)[C@@H]2CC(=O)N13. The Kier molecular flexibility index (Phi) is 3.77. The Hall–Kier alpha value is -2.46. The van der Waals surface area contributed by atoms with Crippen LogP contribution < -0.4 is 0 Å². The van der Waals surface area contributed by atoms with E-state index in [1.165, 1.54) is 6.07 Å². The van der Waals surface area contributed by atoms with Crippen LogP contribution in [0.4, 0.5) is 4.39 Å². The maximum Gasteiger partial charge on any atom is 0.254 e. The van der Waals surface area contributed by atoms with Crippen LogP contribution in [0.15, 0.2) is 18.2 Å². The molecule has 0 saturated carbocycles. The number of amides is 2. The molecule has 0 aliphatic carbocycles. The van der Waals surface area contributed by atoms with Crippen molar-refractivity contribution in [1.82, 2.24) is 9.80 Å². The lowest BCUT2D eigenvalue weighted by Crippen LogP contribution is -2.51. The summed E-state index contributed by atoms with van der Waals surface area (Å²) >= 11 is 0. The van der Waals surface area contributed by atoms with Gasteiger partial charge in [0.05, 0.1) is 36.7 Å². The smallest absolute Gasteiger partial charge is 0.254 e. The first-order valence-electron chi connectivity index (χ1n) is 8.85. The average molecular weight is 357 g/mol. The predicted molar refractivity (Wildman–Crippen MR) is 89.3 cm³/mol. The van der Waals surface area contributed by atoms with Gasteiger partial charge in [0, 0.05) is 18.5 Å². The fourth-order valence-electron chi connectivity index (χ4n) is 4.56. The standard InChI is InChI=1S/C19H20FN3O3/c1-11(2)15-10-26-19-3-4-22(16(19)8-17(24)23(15)19)18(25)13-5-12(9-21)6-14(20)7-13/h5-7,11,15-16H,3-4,8,10H2,1-2H3/t15-,16+,19-/m0/s1. The minimum absolute atomic E-state index is 0.000608. The first kappa shape index (κ1) is 17.0. The molecule has 0 bridgehead atoms. The van der Waals surface area contributed by atoms with E-state index in [0.717, 1.165) is 12.1 Å². The predicted octanol–water partition coefficient (Wildman–Crippen LogP) is 1.90. The number of nitrogens with zero attached hydrogens (tertiary/aromatic N) is 3. The number of nitriles is 1. The zero-order valence-electron chi connectivity index (χ0n) is 14.7. The zero-order chi connectivity index (χ0) is 18.6. The summed E-state index contributed by atoms with van der Waals surface area (Å²) in [5, 5.41) is 9.01. The van der Waals surface area contributed by atoms with E-state index in [0.29, 0.717) is 19.6 Å². The van der Waals surface area contributed by atoms with Gasteiger partial charge in [-0.25, -0.2) is 4.39 Å². The highest BCUT2D eigenvalue weighted by molar-refractivity contribution is 5.96. The number of halogens is 1. The molecule has 3 fully saturated rings. The molecule has 0 unspecified atom stereocenters. The van der Waals surface area contributed by atoms with Gasteiger partial charge in [0.1, 0.15) is 5.82 Å². The van der Waals surface area contributed by atoms with E-state index in [-0.39, 0.29) is 47.4 Å². The third-order valence-corrected chi connectivity index (χ3v) is 5.79. The van der Waals surface area contributed by atoms with Crippen LogP contribution in [0.1, 0.15) is 42.6 Å². The molecule has 3 aliphatic rings. The van der Waals surface area contributed by atoms with Crippen molar-refractivity contribution >= 4 is 11.8 Å². The molecular weight excluding hydrogens is 337 g/mol. The van der Waals surface area contributed by atoms with Crippen molar-refractivity contribution < 1.29 is 18.7 Å². The number of hydrogen-bond donors (Lipinski definition) is 0. The van der Waals surface area contributed by atoms with Crippen LogP contribution in [0.3, 0.4) is 0 Å². The largest absolute Gasteiger partial charge is 0.351 e. The van der Waals surface area contributed by atoms with E-state index in [2.05, 4.69) is 13.8 Å². The Morgan fingerprint density at radius 3 is 2.88 bits per heavy atom. The van der Waals surface area contributed by atoms with E-state index < -0.39 is 11.5 Å². The van der Waals surface area contributed by atoms with Gasteiger partial charge in [-0.15, -0.1) is 0 Å². The van der Waals surface area contributed by atoms with Crippen LogP contribution in [-0.2, 0) is 9.53 Å². The van der Waals surface area contributed by atoms with Gasteiger partial charge in [-0.3, -0.25) is 9.59 Å². The number of rotatable bonds is 2. The Labute approximate surface area is 151 Å². The summed E-state index contributed by atoms with van der Waals surface area (Å²) in [6.07, 6.45) is 0.772. The van der Waals surface area contributed by atoms with E-state index >= 15 is 0 Å². The van der Waals surface area contributed by atoms with Crippen LogP contribution in [0.5, 0.6) is 0 Å². The van der Waals surface area contributed by atoms with Gasteiger partial charge in [0.2, 0.25) is 5.91 Å². The summed E-state index contributed by atoms with van der Waals surface area (Å²) in [5.74, 6) is -0.722. The van der Waals surface area contributed by atoms with Gasteiger partial charge >= 0.3 is 0 Å². The molecule has 3 atom stereocenters. The number of ether oxygens (including phenoxy) is 1. The summed E-state index contributed by atoms with van der Waals surface area (Å²) in [6, 6.07) is 5.12. The number of carbonyl (C=O) groups excluding carboxylic acids is 2. The lowest BCUT2D eigenvalue weighted by molar-refractivity contribution is -0.139. The summed E-state index contributed by atoms with van der Waals surface area (Å²) in [4.78, 5) is 29.1. The number of hydrogen-bond acceptors (Lipinski definition) is 4. The van der Waals surface area contributed by atoms with E-state index in [1.54, 1.807) is 4.90 Å². The van der Waals surface area contributed by atoms with Gasteiger partial charge < -0.3 is 14.5 Å². The fraction of sp³-hybridized carbons (Fsp3) is 0.526. The highest BCUT2D eigenvalue weighted by Crippen LogP contribution is 2.49. The zero-order valence-corrected chi connectivity index (χ0v) is 14.7. The quantitative estimate of drug-likeness (QED) is 0.810. The molecule has 1 aromatic carbocycles. The second-order valence-electron chi connectivity index (χ2n) is 7.54. The van der Waals surface area contributed by atoms with Gasteiger partial charge in [-0.1, -0.05) is 13.8 Å². The monoisotopic (exact) mass is 357 g/mol. The Bertz CT molecular complexity index is 834. The number of likely N-dealkylation sites (tertiary alicyclic amines) is 1. The van der Waals surface area contributed by atoms with Gasteiger partial charge in [-0.2, -0.15) is 5.26 Å². The maximum atomic E-state index is 13.7. The van der Waals surface area contributed by atoms with Crippen molar-refractivity contribution in [3.63, 3.8) is 0 Å². The Morgan fingerprint density at radius 2 is 2.19 bits per heavy atom. The van der Waals surface area contributed by atoms with Crippen molar-refractivity contribution in [3.8, 4) is 6.07 Å². The molecule has 136 valence electrons. The third-order valence-electron chi connectivity index (χ3n) is 5.79. The highest BCUT2D eigenvalue weighted by atomic mass is 19.1. The van der Waals surface area contributed by atoms with Crippen LogP contribution >= 0.6 is 0 Å². The first-order chi connectivity index (χ1) is 12.4. The summed E-state index contributed by atoms with van der Waals surface area (Å²) in [5.41, 5.74) is -0.529. The van der Waals surface area contributed by atoms with Crippen molar-refractivity contribution in [2.75, 3.05) is 13.2 Å². The van der Waals surface area contributed by atoms with Gasteiger partial charge in [0.15, 0.2) is 5.72 Å². The van der Waals surface area contributed by atoms with Crippen LogP contribution in [0.25, 0.3) is 0 Å². The summed E-state index contributed by atoms with van der Waals surface area (Å²) in [6.45, 7) is 5.03. The van der Waals surface area contributed by atoms with Crippen LogP contribution in [0, 0.1) is 23.1 Å². The van der Waals surface area contributed by atoms with Crippen LogP contribution in [-0.4, -0.2) is 52.6 Å². The summed E-state index contributed by atoms with van der Waals surface area (Å²) in [7, 11) is 0. The minimum atomic E-state index is -0.757. The van der Waals surface area contributed by atoms with Crippen molar-refractivity contribution in [2.24, 2.45) is 5.92 Å². The van der Waals surface area contributed by atoms with Gasteiger partial charge in [-0.05, 0) is 24.1 Å². The van der Waals surface area contributed by atoms with Gasteiger partial charge in [0.25, 0.3) is 5.91 Å². The maximum absolute atomic E-state index is 13.7. The fourth-order valence-corrected chi connectivity index (χ4v) is 4.56. The molecule has 0 aromatic heterocycles. The molecule has 1 spiro atoms. The normalized spacial score (nSPS) is 29.9. The molecule has 0 radical (unpaired) electrons.